The van der Waals surface area contributed by atoms with Crippen LogP contribution in [0.3, 0.4) is 0 Å². The molecule has 10 heteroatoms. The minimum Gasteiger partial charge on any atom is -0.382 e. The van der Waals surface area contributed by atoms with Crippen LogP contribution in [0.15, 0.2) is 84.6 Å². The Kier molecular flexibility index (Phi) is 18.4. The molecule has 2 aromatic carbocycles. The minimum atomic E-state index is -0.182. The summed E-state index contributed by atoms with van der Waals surface area (Å²) in [5, 5.41) is 0. The van der Waals surface area contributed by atoms with Crippen molar-refractivity contribution in [2.75, 3.05) is 126 Å². The van der Waals surface area contributed by atoms with Gasteiger partial charge in [-0.15, -0.1) is 0 Å². The van der Waals surface area contributed by atoms with Gasteiger partial charge in [-0.3, -0.25) is 0 Å². The number of fused-ring (bicyclic) bond motifs is 2. The second-order valence-electron chi connectivity index (χ2n) is 13.7. The lowest BCUT2D eigenvalue weighted by Gasteiger charge is -2.28. The SMILES string of the molecule is COCCOCCOCCOCCC1(C)C(/C=C/C=C/C=C2/N(C)c3ccccc3C2(C)CCOCCOCCOCCOC)=[N+](C)c2ccccc21. The molecular formula is C43H63N2O8+. The molecule has 0 aliphatic carbocycles. The fraction of sp³-hybridized carbons (Fsp3) is 0.558. The molecule has 292 valence electrons. The van der Waals surface area contributed by atoms with Crippen molar-refractivity contribution in [3.63, 3.8) is 0 Å². The second kappa shape index (κ2) is 22.9. The van der Waals surface area contributed by atoms with Crippen molar-refractivity contribution in [1.29, 1.82) is 0 Å². The predicted octanol–water partition coefficient (Wildman–Crippen LogP) is 6.25. The van der Waals surface area contributed by atoms with Crippen LogP contribution in [0.5, 0.6) is 0 Å². The monoisotopic (exact) mass is 735 g/mol. The maximum atomic E-state index is 6.04. The summed E-state index contributed by atoms with van der Waals surface area (Å²) >= 11 is 0. The Morgan fingerprint density at radius 2 is 1.04 bits per heavy atom. The quantitative estimate of drug-likeness (QED) is 0.0602. The third-order valence-electron chi connectivity index (χ3n) is 10.1. The molecule has 53 heavy (non-hydrogen) atoms. The van der Waals surface area contributed by atoms with Gasteiger partial charge in [0.1, 0.15) is 7.05 Å². The number of para-hydroxylation sites is 2. The molecule has 0 fully saturated rings. The summed E-state index contributed by atoms with van der Waals surface area (Å²) in [6.45, 7) is 12.7. The summed E-state index contributed by atoms with van der Waals surface area (Å²) in [6.07, 6.45) is 12.7. The van der Waals surface area contributed by atoms with Crippen LogP contribution >= 0.6 is 0 Å². The number of methoxy groups -OCH3 is 2. The number of benzene rings is 2. The van der Waals surface area contributed by atoms with E-state index in [2.05, 4.69) is 116 Å². The molecule has 2 unspecified atom stereocenters. The number of hydrogen-bond donors (Lipinski definition) is 0. The van der Waals surface area contributed by atoms with Gasteiger partial charge in [-0.25, -0.2) is 0 Å². The van der Waals surface area contributed by atoms with E-state index < -0.39 is 0 Å². The maximum absolute atomic E-state index is 6.04. The summed E-state index contributed by atoms with van der Waals surface area (Å²) in [6, 6.07) is 17.3. The first-order valence-electron chi connectivity index (χ1n) is 18.9. The van der Waals surface area contributed by atoms with E-state index in [1.807, 2.05) is 0 Å². The molecule has 2 aliphatic heterocycles. The fourth-order valence-corrected chi connectivity index (χ4v) is 7.14. The van der Waals surface area contributed by atoms with Gasteiger partial charge in [0.05, 0.1) is 84.7 Å². The van der Waals surface area contributed by atoms with Gasteiger partial charge in [-0.2, -0.15) is 4.58 Å². The smallest absolute Gasteiger partial charge is 0.209 e. The van der Waals surface area contributed by atoms with Crippen LogP contribution in [0.1, 0.15) is 37.8 Å². The molecule has 4 rings (SSSR count). The van der Waals surface area contributed by atoms with Crippen molar-refractivity contribution >= 4 is 17.1 Å². The first kappa shape index (κ1) is 42.6. The third-order valence-corrected chi connectivity index (χ3v) is 10.1. The molecule has 0 saturated carbocycles. The van der Waals surface area contributed by atoms with Gasteiger partial charge in [0.2, 0.25) is 5.69 Å². The van der Waals surface area contributed by atoms with Crippen molar-refractivity contribution in [3.05, 3.63) is 95.7 Å². The highest BCUT2D eigenvalue weighted by Gasteiger charge is 2.46. The molecule has 0 spiro atoms. The Morgan fingerprint density at radius 1 is 0.566 bits per heavy atom. The van der Waals surface area contributed by atoms with Crippen LogP contribution in [0.25, 0.3) is 0 Å². The number of nitrogens with zero attached hydrogens (tertiary/aromatic N) is 2. The number of anilines is 1. The highest BCUT2D eigenvalue weighted by atomic mass is 16.6. The van der Waals surface area contributed by atoms with Crippen molar-refractivity contribution in [1.82, 2.24) is 0 Å². The largest absolute Gasteiger partial charge is 0.382 e. The third kappa shape index (κ3) is 11.9. The summed E-state index contributed by atoms with van der Waals surface area (Å²) in [7, 11) is 7.64. The first-order chi connectivity index (χ1) is 25.9. The lowest BCUT2D eigenvalue weighted by Crippen LogP contribution is -2.32. The molecular weight excluding hydrogens is 672 g/mol. The van der Waals surface area contributed by atoms with Crippen molar-refractivity contribution < 1.29 is 42.5 Å². The number of ether oxygens (including phenoxy) is 8. The van der Waals surface area contributed by atoms with Crippen LogP contribution < -0.4 is 4.90 Å². The van der Waals surface area contributed by atoms with Gasteiger partial charge >= 0.3 is 0 Å². The van der Waals surface area contributed by atoms with Crippen LogP contribution in [-0.4, -0.2) is 131 Å². The van der Waals surface area contributed by atoms with E-state index in [-0.39, 0.29) is 10.8 Å². The number of rotatable bonds is 27. The van der Waals surface area contributed by atoms with Crippen molar-refractivity contribution in [2.24, 2.45) is 0 Å². The average Bonchev–Trinajstić information content (AvgIpc) is 3.51. The van der Waals surface area contributed by atoms with Crippen molar-refractivity contribution in [2.45, 2.75) is 37.5 Å². The fourth-order valence-electron chi connectivity index (χ4n) is 7.14. The molecule has 2 atom stereocenters. The summed E-state index contributed by atoms with van der Waals surface area (Å²) in [5.74, 6) is 0. The van der Waals surface area contributed by atoms with E-state index in [0.717, 1.165) is 12.8 Å². The molecule has 2 heterocycles. The van der Waals surface area contributed by atoms with E-state index in [1.54, 1.807) is 14.2 Å². The van der Waals surface area contributed by atoms with Crippen LogP contribution in [0.4, 0.5) is 11.4 Å². The summed E-state index contributed by atoms with van der Waals surface area (Å²) < 4.78 is 46.6. The van der Waals surface area contributed by atoms with Gasteiger partial charge in [0.15, 0.2) is 5.71 Å². The van der Waals surface area contributed by atoms with Gasteiger partial charge in [0.25, 0.3) is 0 Å². The number of likely N-dealkylation sites (N-methyl/N-ethyl adjacent to an activating group) is 1. The summed E-state index contributed by atoms with van der Waals surface area (Å²) in [5.41, 5.74) is 7.25. The topological polar surface area (TPSA) is 80.1 Å². The Labute approximate surface area is 317 Å². The van der Waals surface area contributed by atoms with Crippen molar-refractivity contribution in [3.8, 4) is 0 Å². The van der Waals surface area contributed by atoms with E-state index >= 15 is 0 Å². The van der Waals surface area contributed by atoms with Crippen LogP contribution in [-0.2, 0) is 48.7 Å². The lowest BCUT2D eigenvalue weighted by atomic mass is 9.76. The zero-order valence-electron chi connectivity index (χ0n) is 33.0. The van der Waals surface area contributed by atoms with Crippen LogP contribution in [0, 0.1) is 0 Å². The first-order valence-corrected chi connectivity index (χ1v) is 18.9. The molecule has 2 aliphatic rings. The van der Waals surface area contributed by atoms with Crippen LogP contribution in [0.2, 0.25) is 0 Å². The molecule has 0 radical (unpaired) electrons. The molecule has 0 bridgehead atoms. The summed E-state index contributed by atoms with van der Waals surface area (Å²) in [4.78, 5) is 2.31. The highest BCUT2D eigenvalue weighted by molar-refractivity contribution is 6.03. The normalized spacial score (nSPS) is 20.5. The molecule has 0 aromatic heterocycles. The van der Waals surface area contributed by atoms with E-state index in [4.69, 9.17) is 37.9 Å². The Bertz CT molecular complexity index is 1510. The van der Waals surface area contributed by atoms with Gasteiger partial charge in [-0.1, -0.05) is 54.6 Å². The highest BCUT2D eigenvalue weighted by Crippen LogP contribution is 2.49. The Morgan fingerprint density at radius 3 is 1.60 bits per heavy atom. The Hall–Kier alpha value is -3.19. The zero-order chi connectivity index (χ0) is 37.8. The van der Waals surface area contributed by atoms with E-state index in [9.17, 15) is 0 Å². The number of hydrogen-bond acceptors (Lipinski definition) is 9. The average molecular weight is 736 g/mol. The van der Waals surface area contributed by atoms with E-state index in [1.165, 1.54) is 33.9 Å². The molecule has 10 nitrogen and oxygen atoms in total. The van der Waals surface area contributed by atoms with Gasteiger partial charge < -0.3 is 42.8 Å². The molecule has 0 saturated heterocycles. The van der Waals surface area contributed by atoms with Gasteiger partial charge in [0, 0.05) is 69.0 Å². The molecule has 0 amide bonds. The molecule has 2 aromatic rings. The predicted molar refractivity (Wildman–Crippen MR) is 211 cm³/mol. The minimum absolute atomic E-state index is 0.182. The second-order valence-corrected chi connectivity index (χ2v) is 13.7. The van der Waals surface area contributed by atoms with E-state index in [0.29, 0.717) is 92.5 Å². The molecule has 0 N–H and O–H groups in total. The van der Waals surface area contributed by atoms with Gasteiger partial charge in [-0.05, 0) is 44.4 Å². The standard InChI is InChI=1S/C43H63N2O8/c1-42(20-22-48-28-30-52-34-32-50-26-24-46-5)36-14-10-12-16-38(36)44(3)40(42)18-8-7-9-19-41-43(2,37-15-11-13-17-39(37)45(41)4)21-23-49-29-31-53-35-33-51-27-25-47-6/h7-19H,20-35H2,1-6H3/q+1. The zero-order valence-corrected chi connectivity index (χ0v) is 33.0. The maximum Gasteiger partial charge on any atom is 0.209 e. The Balaban J connectivity index is 1.33. The number of allylic oxidation sites excluding steroid dienone is 6. The lowest BCUT2D eigenvalue weighted by molar-refractivity contribution is -0.401.